The minimum absolute atomic E-state index is 0.172. The Bertz CT molecular complexity index is 500. The molecule has 2 rings (SSSR count). The van der Waals surface area contributed by atoms with E-state index in [-0.39, 0.29) is 16.0 Å². The lowest BCUT2D eigenvalue weighted by atomic mass is 9.77. The van der Waals surface area contributed by atoms with Gasteiger partial charge in [0.05, 0.1) is 4.92 Å². The molecule has 0 amide bonds. The van der Waals surface area contributed by atoms with E-state index in [1.54, 1.807) is 19.1 Å². The standard InChI is InChI=1S/C15H23N3O2/c1-11-5-6-12(9-13(11)18(19)20)17-10-14-15(2,3)7-4-8-16-14/h5-6,9,14,16-17H,4,7-8,10H2,1-3H3. The maximum absolute atomic E-state index is 10.9. The Morgan fingerprint density at radius 2 is 2.25 bits per heavy atom. The lowest BCUT2D eigenvalue weighted by molar-refractivity contribution is -0.385. The fourth-order valence-electron chi connectivity index (χ4n) is 2.76. The molecule has 1 aliphatic heterocycles. The molecule has 1 unspecified atom stereocenters. The van der Waals surface area contributed by atoms with Crippen molar-refractivity contribution in [2.45, 2.75) is 39.7 Å². The summed E-state index contributed by atoms with van der Waals surface area (Å²) in [5.74, 6) is 0. The molecule has 1 aromatic carbocycles. The van der Waals surface area contributed by atoms with E-state index in [0.717, 1.165) is 18.8 Å². The Hall–Kier alpha value is -1.62. The third kappa shape index (κ3) is 3.28. The van der Waals surface area contributed by atoms with Crippen molar-refractivity contribution in [2.75, 3.05) is 18.4 Å². The van der Waals surface area contributed by atoms with E-state index in [1.807, 2.05) is 6.07 Å². The molecule has 1 saturated heterocycles. The molecule has 5 heteroatoms. The quantitative estimate of drug-likeness (QED) is 0.655. The van der Waals surface area contributed by atoms with E-state index in [1.165, 1.54) is 12.8 Å². The molecule has 0 bridgehead atoms. The predicted octanol–water partition coefficient (Wildman–Crippen LogP) is 3.09. The van der Waals surface area contributed by atoms with Crippen LogP contribution in [0.25, 0.3) is 0 Å². The number of anilines is 1. The maximum Gasteiger partial charge on any atom is 0.274 e. The molecule has 1 fully saturated rings. The molecule has 0 saturated carbocycles. The smallest absolute Gasteiger partial charge is 0.274 e. The lowest BCUT2D eigenvalue weighted by Gasteiger charge is -2.39. The van der Waals surface area contributed by atoms with Crippen molar-refractivity contribution in [1.82, 2.24) is 5.32 Å². The number of hydrogen-bond donors (Lipinski definition) is 2. The first-order chi connectivity index (χ1) is 9.40. The van der Waals surface area contributed by atoms with Gasteiger partial charge in [-0.15, -0.1) is 0 Å². The molecule has 1 heterocycles. The summed E-state index contributed by atoms with van der Waals surface area (Å²) in [6.45, 7) is 8.12. The molecule has 20 heavy (non-hydrogen) atoms. The second-order valence-corrected chi connectivity index (χ2v) is 6.24. The van der Waals surface area contributed by atoms with Gasteiger partial charge in [0.25, 0.3) is 5.69 Å². The zero-order valence-corrected chi connectivity index (χ0v) is 12.4. The molecule has 2 N–H and O–H groups in total. The Labute approximate surface area is 119 Å². The first-order valence-electron chi connectivity index (χ1n) is 7.12. The zero-order chi connectivity index (χ0) is 14.8. The van der Waals surface area contributed by atoms with Crippen LogP contribution in [0.15, 0.2) is 18.2 Å². The summed E-state index contributed by atoms with van der Waals surface area (Å²) in [5, 5.41) is 17.8. The first kappa shape index (κ1) is 14.8. The highest BCUT2D eigenvalue weighted by molar-refractivity contribution is 5.54. The SMILES string of the molecule is Cc1ccc(NCC2NCCCC2(C)C)cc1[N+](=O)[O-]. The van der Waals surface area contributed by atoms with E-state index in [2.05, 4.69) is 24.5 Å². The second kappa shape index (κ2) is 5.79. The van der Waals surface area contributed by atoms with Crippen LogP contribution in [0.2, 0.25) is 0 Å². The third-order valence-corrected chi connectivity index (χ3v) is 4.25. The Morgan fingerprint density at radius 1 is 1.50 bits per heavy atom. The van der Waals surface area contributed by atoms with Gasteiger partial charge in [-0.05, 0) is 37.8 Å². The zero-order valence-electron chi connectivity index (χ0n) is 12.4. The number of nitrogens with one attached hydrogen (secondary N) is 2. The van der Waals surface area contributed by atoms with Gasteiger partial charge >= 0.3 is 0 Å². The Kier molecular flexibility index (Phi) is 4.28. The van der Waals surface area contributed by atoms with Crippen LogP contribution < -0.4 is 10.6 Å². The van der Waals surface area contributed by atoms with E-state index in [4.69, 9.17) is 0 Å². The van der Waals surface area contributed by atoms with Crippen LogP contribution in [-0.4, -0.2) is 24.1 Å². The molecule has 0 aromatic heterocycles. The number of rotatable bonds is 4. The number of nitrogens with zero attached hydrogens (tertiary/aromatic N) is 1. The highest BCUT2D eigenvalue weighted by Crippen LogP contribution is 2.30. The Balaban J connectivity index is 2.04. The molecule has 5 nitrogen and oxygen atoms in total. The summed E-state index contributed by atoms with van der Waals surface area (Å²) >= 11 is 0. The number of nitro benzene ring substituents is 1. The fraction of sp³-hybridized carbons (Fsp3) is 0.600. The molecule has 0 radical (unpaired) electrons. The predicted molar refractivity (Wildman–Crippen MR) is 81.1 cm³/mol. The van der Waals surface area contributed by atoms with Crippen LogP contribution in [0.3, 0.4) is 0 Å². The number of benzene rings is 1. The molecular formula is C15H23N3O2. The summed E-state index contributed by atoms with van der Waals surface area (Å²) in [5.41, 5.74) is 1.93. The van der Waals surface area contributed by atoms with Crippen LogP contribution in [0.4, 0.5) is 11.4 Å². The van der Waals surface area contributed by atoms with E-state index in [9.17, 15) is 10.1 Å². The normalized spacial score (nSPS) is 21.4. The van der Waals surface area contributed by atoms with Crippen molar-refractivity contribution in [3.05, 3.63) is 33.9 Å². The average Bonchev–Trinajstić information content (AvgIpc) is 2.38. The van der Waals surface area contributed by atoms with Crippen LogP contribution in [0.5, 0.6) is 0 Å². The minimum atomic E-state index is -0.330. The molecule has 0 aliphatic carbocycles. The van der Waals surface area contributed by atoms with Crippen molar-refractivity contribution >= 4 is 11.4 Å². The van der Waals surface area contributed by atoms with Crippen molar-refractivity contribution in [2.24, 2.45) is 5.41 Å². The number of hydrogen-bond acceptors (Lipinski definition) is 4. The number of nitro groups is 1. The van der Waals surface area contributed by atoms with Crippen LogP contribution in [0.1, 0.15) is 32.3 Å². The molecule has 1 aromatic rings. The summed E-state index contributed by atoms with van der Waals surface area (Å²) in [6.07, 6.45) is 2.42. The van der Waals surface area contributed by atoms with Crippen LogP contribution >= 0.6 is 0 Å². The van der Waals surface area contributed by atoms with Gasteiger partial charge in [0.15, 0.2) is 0 Å². The average molecular weight is 277 g/mol. The van der Waals surface area contributed by atoms with Gasteiger partial charge in [0, 0.05) is 29.9 Å². The minimum Gasteiger partial charge on any atom is -0.383 e. The molecule has 110 valence electrons. The summed E-state index contributed by atoms with van der Waals surface area (Å²) in [4.78, 5) is 10.6. The van der Waals surface area contributed by atoms with Gasteiger partial charge in [-0.25, -0.2) is 0 Å². The van der Waals surface area contributed by atoms with Crippen molar-refractivity contribution in [1.29, 1.82) is 0 Å². The van der Waals surface area contributed by atoms with E-state index < -0.39 is 0 Å². The van der Waals surface area contributed by atoms with Gasteiger partial charge in [-0.1, -0.05) is 19.9 Å². The van der Waals surface area contributed by atoms with Crippen molar-refractivity contribution in [3.8, 4) is 0 Å². The van der Waals surface area contributed by atoms with Crippen molar-refractivity contribution in [3.63, 3.8) is 0 Å². The molecule has 1 atom stereocenters. The third-order valence-electron chi connectivity index (χ3n) is 4.25. The van der Waals surface area contributed by atoms with Gasteiger partial charge < -0.3 is 10.6 Å². The van der Waals surface area contributed by atoms with Crippen molar-refractivity contribution < 1.29 is 4.92 Å². The van der Waals surface area contributed by atoms with Gasteiger partial charge in [0.2, 0.25) is 0 Å². The summed E-state index contributed by atoms with van der Waals surface area (Å²) in [6, 6.07) is 5.69. The Morgan fingerprint density at radius 3 is 2.90 bits per heavy atom. The lowest BCUT2D eigenvalue weighted by Crippen LogP contribution is -2.50. The van der Waals surface area contributed by atoms with Gasteiger partial charge in [0.1, 0.15) is 0 Å². The largest absolute Gasteiger partial charge is 0.383 e. The topological polar surface area (TPSA) is 67.2 Å². The highest BCUT2D eigenvalue weighted by atomic mass is 16.6. The van der Waals surface area contributed by atoms with E-state index in [0.29, 0.717) is 11.6 Å². The van der Waals surface area contributed by atoms with Gasteiger partial charge in [-0.2, -0.15) is 0 Å². The van der Waals surface area contributed by atoms with Crippen LogP contribution in [-0.2, 0) is 0 Å². The number of aryl methyl sites for hydroxylation is 1. The van der Waals surface area contributed by atoms with E-state index >= 15 is 0 Å². The van der Waals surface area contributed by atoms with Gasteiger partial charge in [-0.3, -0.25) is 10.1 Å². The monoisotopic (exact) mass is 277 g/mol. The fourth-order valence-corrected chi connectivity index (χ4v) is 2.76. The highest BCUT2D eigenvalue weighted by Gasteiger charge is 2.31. The molecule has 0 spiro atoms. The van der Waals surface area contributed by atoms with Crippen LogP contribution in [0, 0.1) is 22.5 Å². The maximum atomic E-state index is 10.9. The second-order valence-electron chi connectivity index (χ2n) is 6.24. The first-order valence-corrected chi connectivity index (χ1v) is 7.12. The summed E-state index contributed by atoms with van der Waals surface area (Å²) < 4.78 is 0. The summed E-state index contributed by atoms with van der Waals surface area (Å²) in [7, 11) is 0. The molecule has 1 aliphatic rings. The number of piperidine rings is 1. The molecular weight excluding hydrogens is 254 g/mol.